The lowest BCUT2D eigenvalue weighted by Gasteiger charge is -2.40. The summed E-state index contributed by atoms with van der Waals surface area (Å²) in [6.45, 7) is 3.66. The van der Waals surface area contributed by atoms with Gasteiger partial charge < -0.3 is 40.3 Å². The first-order valence-corrected chi connectivity index (χ1v) is 36.4. The Balaban J connectivity index is 2.18. The molecular weight excluding hydrogens is 1090 g/mol. The summed E-state index contributed by atoms with van der Waals surface area (Å²) in [5.74, 6) is -0.198. The van der Waals surface area contributed by atoms with Crippen LogP contribution in [0.25, 0.3) is 0 Å². The van der Waals surface area contributed by atoms with Crippen molar-refractivity contribution in [2.75, 3.05) is 13.2 Å². The number of ether oxygens (including phenoxy) is 2. The Morgan fingerprint density at radius 1 is 0.398 bits per heavy atom. The Bertz CT molecular complexity index is 1860. The highest BCUT2D eigenvalue weighted by Gasteiger charge is 2.44. The third-order valence-corrected chi connectivity index (χ3v) is 16.4. The molecule has 0 aromatic heterocycles. The van der Waals surface area contributed by atoms with Gasteiger partial charge in [0.2, 0.25) is 5.91 Å². The zero-order valence-electron chi connectivity index (χ0n) is 56.4. The van der Waals surface area contributed by atoms with Gasteiger partial charge in [-0.05, 0) is 109 Å². The van der Waals surface area contributed by atoms with Gasteiger partial charge in [-0.2, -0.15) is 0 Å². The van der Waals surface area contributed by atoms with E-state index in [1.807, 2.05) is 6.08 Å². The minimum atomic E-state index is -1.58. The zero-order chi connectivity index (χ0) is 63.5. The van der Waals surface area contributed by atoms with E-state index >= 15 is 0 Å². The highest BCUT2D eigenvalue weighted by atomic mass is 16.7. The first-order valence-electron chi connectivity index (χ1n) is 36.4. The number of carbonyl (C=O) groups is 1. The molecule has 1 saturated heterocycles. The van der Waals surface area contributed by atoms with Crippen molar-refractivity contribution >= 4 is 5.91 Å². The summed E-state index contributed by atoms with van der Waals surface area (Å²) >= 11 is 0. The highest BCUT2D eigenvalue weighted by Crippen LogP contribution is 2.23. The van der Waals surface area contributed by atoms with E-state index in [2.05, 4.69) is 141 Å². The number of aliphatic hydroxyl groups is 5. The summed E-state index contributed by atoms with van der Waals surface area (Å²) in [7, 11) is 0. The molecule has 0 spiro atoms. The highest BCUT2D eigenvalue weighted by molar-refractivity contribution is 5.76. The van der Waals surface area contributed by atoms with E-state index in [4.69, 9.17) is 9.47 Å². The van der Waals surface area contributed by atoms with E-state index in [0.29, 0.717) is 6.42 Å². The van der Waals surface area contributed by atoms with E-state index in [1.54, 1.807) is 6.08 Å². The van der Waals surface area contributed by atoms with E-state index in [0.717, 1.165) is 109 Å². The number of hydrogen-bond acceptors (Lipinski definition) is 8. The average molecular weight is 1230 g/mol. The van der Waals surface area contributed by atoms with Gasteiger partial charge in [-0.3, -0.25) is 4.79 Å². The number of hydrogen-bond donors (Lipinski definition) is 6. The van der Waals surface area contributed by atoms with Crippen molar-refractivity contribution in [3.63, 3.8) is 0 Å². The predicted molar refractivity (Wildman–Crippen MR) is 377 cm³/mol. The van der Waals surface area contributed by atoms with E-state index in [-0.39, 0.29) is 12.5 Å². The van der Waals surface area contributed by atoms with Crippen molar-refractivity contribution < 1.29 is 39.8 Å². The summed E-state index contributed by atoms with van der Waals surface area (Å²) in [6.07, 6.45) is 94.2. The molecule has 0 aliphatic carbocycles. The number of aliphatic hydroxyl groups excluding tert-OH is 5. The topological polar surface area (TPSA) is 149 Å². The molecule has 0 bridgehead atoms. The standard InChI is InChI=1S/C79H135NO8/c1-3-5-7-9-11-13-15-17-19-21-23-25-27-29-31-33-35-36-37-38-39-41-43-45-47-49-51-53-55-57-59-61-63-65-67-69-75(83)80-72(71-87-79-78(86)77(85)76(84)74(70-81)88-79)73(82)68-66-64-62-60-58-56-54-52-50-48-46-44-42-40-34-32-30-28-26-24-22-20-18-16-14-12-10-8-6-4-2/h5,7,11,13,17,19,23,25,29,31,35-36,38-39,43,45,50,52,58,60,66,68,72-74,76-79,81-82,84-86H,3-4,6,8-10,12,14-16,18,20-22,24,26-28,30,32-34,37,40-42,44,46-49,51,53-57,59,61-65,67,69-71H2,1-2H3,(H,80,83)/b7-5-,13-11-,19-17-,25-23-,31-29-,36-35-,39-38-,45-43-,52-50+,60-58+,68-66+. The maximum atomic E-state index is 13.1. The molecule has 88 heavy (non-hydrogen) atoms. The van der Waals surface area contributed by atoms with Gasteiger partial charge in [-0.15, -0.1) is 0 Å². The molecule has 1 amide bonds. The minimum Gasteiger partial charge on any atom is -0.394 e. The van der Waals surface area contributed by atoms with Gasteiger partial charge in [0, 0.05) is 6.42 Å². The van der Waals surface area contributed by atoms with Crippen LogP contribution in [-0.4, -0.2) is 87.5 Å². The van der Waals surface area contributed by atoms with Crippen LogP contribution in [0.5, 0.6) is 0 Å². The van der Waals surface area contributed by atoms with Crippen molar-refractivity contribution in [2.45, 2.75) is 346 Å². The lowest BCUT2D eigenvalue weighted by Crippen LogP contribution is -2.60. The van der Waals surface area contributed by atoms with Crippen molar-refractivity contribution in [3.8, 4) is 0 Å². The Labute approximate surface area is 541 Å². The summed E-state index contributed by atoms with van der Waals surface area (Å²) in [5, 5.41) is 54.8. The average Bonchev–Trinajstić information content (AvgIpc) is 3.65. The van der Waals surface area contributed by atoms with E-state index in [1.165, 1.54) is 173 Å². The molecule has 0 aromatic carbocycles. The van der Waals surface area contributed by atoms with Crippen LogP contribution in [0.1, 0.15) is 303 Å². The van der Waals surface area contributed by atoms with Crippen LogP contribution in [0.3, 0.4) is 0 Å². The van der Waals surface area contributed by atoms with Gasteiger partial charge in [-0.25, -0.2) is 0 Å². The van der Waals surface area contributed by atoms with Gasteiger partial charge >= 0.3 is 0 Å². The summed E-state index contributed by atoms with van der Waals surface area (Å²) in [5.41, 5.74) is 0. The van der Waals surface area contributed by atoms with Gasteiger partial charge in [0.05, 0.1) is 25.4 Å². The maximum absolute atomic E-state index is 13.1. The molecule has 1 rings (SSSR count). The van der Waals surface area contributed by atoms with Crippen LogP contribution in [0.15, 0.2) is 134 Å². The molecule has 1 heterocycles. The smallest absolute Gasteiger partial charge is 0.220 e. The first kappa shape index (κ1) is 82.3. The van der Waals surface area contributed by atoms with Gasteiger partial charge in [0.15, 0.2) is 6.29 Å². The van der Waals surface area contributed by atoms with Crippen molar-refractivity contribution in [2.24, 2.45) is 0 Å². The van der Waals surface area contributed by atoms with Crippen molar-refractivity contribution in [1.82, 2.24) is 5.32 Å². The summed E-state index contributed by atoms with van der Waals surface area (Å²) in [6, 6.07) is -0.842. The molecule has 9 nitrogen and oxygen atoms in total. The monoisotopic (exact) mass is 1230 g/mol. The van der Waals surface area contributed by atoms with Crippen molar-refractivity contribution in [3.05, 3.63) is 134 Å². The second-order valence-electron chi connectivity index (χ2n) is 24.6. The number of rotatable bonds is 62. The van der Waals surface area contributed by atoms with Crippen LogP contribution in [-0.2, 0) is 14.3 Å². The third kappa shape index (κ3) is 54.1. The summed E-state index contributed by atoms with van der Waals surface area (Å²) in [4.78, 5) is 13.1. The molecule has 504 valence electrons. The number of nitrogens with one attached hydrogen (secondary N) is 1. The fourth-order valence-electron chi connectivity index (χ4n) is 10.8. The number of allylic oxidation sites excluding steroid dienone is 21. The lowest BCUT2D eigenvalue weighted by atomic mass is 9.99. The molecule has 1 aliphatic heterocycles. The Morgan fingerprint density at radius 3 is 1.09 bits per heavy atom. The molecule has 7 atom stereocenters. The number of amides is 1. The molecule has 0 radical (unpaired) electrons. The SMILES string of the molecule is CC/C=C\C/C=C\C/C=C\C/C=C\C/C=C\C/C=C\C/C=C\C/C=C\CCCCCCCCCCCCC(=O)NC(COC1OC(CO)C(O)C(O)C1O)C(O)/C=C/CC/C=C/CC/C=C/CCCCCCCCCCCCCCCCCCCCCC. The molecule has 1 fully saturated rings. The molecular formula is C79H135NO8. The fraction of sp³-hybridized carbons (Fsp3) is 0.709. The van der Waals surface area contributed by atoms with E-state index < -0.39 is 49.5 Å². The fourth-order valence-corrected chi connectivity index (χ4v) is 10.8. The largest absolute Gasteiger partial charge is 0.394 e. The Hall–Kier alpha value is -3.67. The maximum Gasteiger partial charge on any atom is 0.220 e. The number of carbonyl (C=O) groups excluding carboxylic acids is 1. The van der Waals surface area contributed by atoms with Crippen LogP contribution >= 0.6 is 0 Å². The Morgan fingerprint density at radius 2 is 0.716 bits per heavy atom. The van der Waals surface area contributed by atoms with Crippen molar-refractivity contribution in [1.29, 1.82) is 0 Å². The number of unbranched alkanes of at least 4 members (excludes halogenated alkanes) is 32. The molecule has 9 heteroatoms. The van der Waals surface area contributed by atoms with Gasteiger partial charge in [0.1, 0.15) is 24.4 Å². The first-order chi connectivity index (χ1) is 43.3. The third-order valence-electron chi connectivity index (χ3n) is 16.4. The molecule has 0 aromatic rings. The van der Waals surface area contributed by atoms with Gasteiger partial charge in [0.25, 0.3) is 0 Å². The molecule has 7 unspecified atom stereocenters. The lowest BCUT2D eigenvalue weighted by molar-refractivity contribution is -0.302. The zero-order valence-corrected chi connectivity index (χ0v) is 56.4. The molecule has 1 aliphatic rings. The Kier molecular flexibility index (Phi) is 62.0. The van der Waals surface area contributed by atoms with Gasteiger partial charge in [-0.1, -0.05) is 321 Å². The second kappa shape index (κ2) is 66.3. The van der Waals surface area contributed by atoms with E-state index in [9.17, 15) is 30.3 Å². The van der Waals surface area contributed by atoms with Crippen LogP contribution in [0, 0.1) is 0 Å². The quantitative estimate of drug-likeness (QED) is 0.0261. The second-order valence-corrected chi connectivity index (χ2v) is 24.6. The van der Waals surface area contributed by atoms with Crippen LogP contribution < -0.4 is 5.32 Å². The van der Waals surface area contributed by atoms with Crippen LogP contribution in [0.4, 0.5) is 0 Å². The molecule has 6 N–H and O–H groups in total. The predicted octanol–water partition coefficient (Wildman–Crippen LogP) is 20.4. The normalized spacial score (nSPS) is 18.7. The molecule has 0 saturated carbocycles. The minimum absolute atomic E-state index is 0.198. The van der Waals surface area contributed by atoms with Crippen LogP contribution in [0.2, 0.25) is 0 Å². The summed E-state index contributed by atoms with van der Waals surface area (Å²) < 4.78 is 11.3.